The quantitative estimate of drug-likeness (QED) is 0.862. The highest BCUT2D eigenvalue weighted by atomic mass is 35.5. The van der Waals surface area contributed by atoms with E-state index >= 15 is 0 Å². The lowest BCUT2D eigenvalue weighted by molar-refractivity contribution is 0.658. The number of aryl methyl sites for hydroxylation is 1. The monoisotopic (exact) mass is 266 g/mol. The molecule has 2 heterocycles. The first kappa shape index (κ1) is 11.0. The largest absolute Gasteiger partial charge is 0.306 e. The third kappa shape index (κ3) is 2.03. The van der Waals surface area contributed by atoms with E-state index in [0.29, 0.717) is 10.8 Å². The van der Waals surface area contributed by atoms with Gasteiger partial charge in [-0.1, -0.05) is 11.6 Å². The molecule has 3 rings (SSSR count). The molecule has 0 radical (unpaired) electrons. The number of hydrogen-bond donors (Lipinski definition) is 1. The molecule has 0 amide bonds. The molecule has 0 fully saturated rings. The number of aromatic amines is 1. The summed E-state index contributed by atoms with van der Waals surface area (Å²) in [7, 11) is 0. The van der Waals surface area contributed by atoms with E-state index in [1.54, 1.807) is 0 Å². The predicted octanol–water partition coefficient (Wildman–Crippen LogP) is 3.03. The minimum atomic E-state index is 0.00854. The number of rotatable bonds is 1. The molecule has 0 saturated carbocycles. The second-order valence-electron chi connectivity index (χ2n) is 4.18. The molecule has 2 aromatic heterocycles. The van der Waals surface area contributed by atoms with Gasteiger partial charge >= 0.3 is 0 Å². The van der Waals surface area contributed by atoms with Crippen molar-refractivity contribution in [2.75, 3.05) is 0 Å². The van der Waals surface area contributed by atoms with Gasteiger partial charge in [-0.3, -0.25) is 4.79 Å². The lowest BCUT2D eigenvalue weighted by atomic mass is 9.97. The second kappa shape index (κ2) is 4.27. The lowest BCUT2D eigenvalue weighted by Gasteiger charge is -2.13. The number of nitrogens with one attached hydrogen (secondary N) is 1. The number of fused-ring (bicyclic) bond motifs is 1. The lowest BCUT2D eigenvalue weighted by Crippen LogP contribution is -2.21. The Morgan fingerprint density at radius 1 is 1.35 bits per heavy atom. The molecule has 0 spiro atoms. The molecule has 1 aliphatic rings. The normalized spacial score (nSPS) is 14.6. The van der Waals surface area contributed by atoms with Crippen LogP contribution in [0.1, 0.15) is 24.1 Å². The van der Waals surface area contributed by atoms with E-state index in [9.17, 15) is 4.79 Å². The first-order chi connectivity index (χ1) is 8.24. The molecule has 0 aromatic carbocycles. The maximum atomic E-state index is 11.9. The first-order valence-corrected chi connectivity index (χ1v) is 6.86. The molecule has 1 aliphatic carbocycles. The van der Waals surface area contributed by atoms with Crippen molar-refractivity contribution in [1.82, 2.24) is 9.97 Å². The summed E-state index contributed by atoms with van der Waals surface area (Å²) in [5, 5.41) is 2.53. The fraction of sp³-hybridized carbons (Fsp3) is 0.333. The van der Waals surface area contributed by atoms with E-state index in [-0.39, 0.29) is 5.56 Å². The van der Waals surface area contributed by atoms with E-state index in [0.717, 1.165) is 41.8 Å². The second-order valence-corrected chi connectivity index (χ2v) is 5.52. The highest BCUT2D eigenvalue weighted by molar-refractivity contribution is 7.14. The van der Waals surface area contributed by atoms with Crippen molar-refractivity contribution >= 4 is 22.9 Å². The third-order valence-corrected chi connectivity index (χ3v) is 4.28. The first-order valence-electron chi connectivity index (χ1n) is 5.60. The highest BCUT2D eigenvalue weighted by Crippen LogP contribution is 2.27. The summed E-state index contributed by atoms with van der Waals surface area (Å²) in [5.41, 5.74) is 1.83. The van der Waals surface area contributed by atoms with Crippen LogP contribution in [-0.4, -0.2) is 9.97 Å². The molecule has 0 saturated heterocycles. The molecule has 3 nitrogen and oxygen atoms in total. The summed E-state index contributed by atoms with van der Waals surface area (Å²) in [6, 6.07) is 1.83. The van der Waals surface area contributed by atoms with Gasteiger partial charge in [0.25, 0.3) is 5.56 Å². The molecule has 2 aromatic rings. The Bertz CT molecular complexity index is 617. The van der Waals surface area contributed by atoms with Gasteiger partial charge in [0.15, 0.2) is 5.82 Å². The topological polar surface area (TPSA) is 45.8 Å². The van der Waals surface area contributed by atoms with E-state index in [4.69, 9.17) is 11.6 Å². The molecule has 88 valence electrons. The smallest absolute Gasteiger partial charge is 0.254 e. The van der Waals surface area contributed by atoms with Gasteiger partial charge < -0.3 is 4.98 Å². The van der Waals surface area contributed by atoms with Crippen LogP contribution in [-0.2, 0) is 12.8 Å². The Morgan fingerprint density at radius 2 is 2.18 bits per heavy atom. The van der Waals surface area contributed by atoms with Crippen LogP contribution < -0.4 is 5.56 Å². The Balaban J connectivity index is 2.13. The van der Waals surface area contributed by atoms with Crippen LogP contribution in [0.15, 0.2) is 16.2 Å². The Morgan fingerprint density at radius 3 is 2.94 bits per heavy atom. The fourth-order valence-corrected chi connectivity index (χ4v) is 3.18. The maximum absolute atomic E-state index is 11.9. The third-order valence-electron chi connectivity index (χ3n) is 2.99. The summed E-state index contributed by atoms with van der Waals surface area (Å²) in [6.45, 7) is 0. The summed E-state index contributed by atoms with van der Waals surface area (Å²) in [6.07, 6.45) is 3.96. The minimum absolute atomic E-state index is 0.00854. The molecule has 0 bridgehead atoms. The molecule has 1 N–H and O–H groups in total. The number of thiophene rings is 1. The van der Waals surface area contributed by atoms with Crippen molar-refractivity contribution in [3.05, 3.63) is 38.1 Å². The van der Waals surface area contributed by atoms with Crippen molar-refractivity contribution in [2.45, 2.75) is 25.7 Å². The van der Waals surface area contributed by atoms with E-state index in [1.165, 1.54) is 11.3 Å². The van der Waals surface area contributed by atoms with Gasteiger partial charge in [0, 0.05) is 10.9 Å². The van der Waals surface area contributed by atoms with Crippen LogP contribution in [0.25, 0.3) is 10.7 Å². The fourth-order valence-electron chi connectivity index (χ4n) is 2.16. The summed E-state index contributed by atoms with van der Waals surface area (Å²) < 4.78 is 0. The van der Waals surface area contributed by atoms with E-state index in [2.05, 4.69) is 9.97 Å². The van der Waals surface area contributed by atoms with Crippen molar-refractivity contribution in [3.8, 4) is 10.7 Å². The molecule has 17 heavy (non-hydrogen) atoms. The Kier molecular flexibility index (Phi) is 2.76. The standard InChI is InChI=1S/C12H11ClN2OS/c13-7-5-10(17-6-7)11-14-9-4-2-1-3-8(9)12(16)15-11/h5-6H,1-4H2,(H,14,15,16). The number of halogens is 1. The van der Waals surface area contributed by atoms with Crippen LogP contribution in [0.2, 0.25) is 5.02 Å². The summed E-state index contributed by atoms with van der Waals surface area (Å²) >= 11 is 7.38. The van der Waals surface area contributed by atoms with Crippen molar-refractivity contribution in [1.29, 1.82) is 0 Å². The van der Waals surface area contributed by atoms with Crippen molar-refractivity contribution in [3.63, 3.8) is 0 Å². The molecule has 5 heteroatoms. The van der Waals surface area contributed by atoms with Crippen LogP contribution in [0.3, 0.4) is 0 Å². The summed E-state index contributed by atoms with van der Waals surface area (Å²) in [5.74, 6) is 0.646. The van der Waals surface area contributed by atoms with Gasteiger partial charge in [0.1, 0.15) is 0 Å². The van der Waals surface area contributed by atoms with Gasteiger partial charge in [-0.05, 0) is 31.7 Å². The SMILES string of the molecule is O=c1[nH]c(-c2cc(Cl)cs2)nc2c1CCCC2. The molecule has 0 unspecified atom stereocenters. The molecule has 0 aliphatic heterocycles. The van der Waals surface area contributed by atoms with Crippen LogP contribution in [0.5, 0.6) is 0 Å². The predicted molar refractivity (Wildman–Crippen MR) is 69.8 cm³/mol. The van der Waals surface area contributed by atoms with Crippen molar-refractivity contribution in [2.24, 2.45) is 0 Å². The molecule has 0 atom stereocenters. The average Bonchev–Trinajstić information content (AvgIpc) is 2.76. The molecular weight excluding hydrogens is 256 g/mol. The zero-order chi connectivity index (χ0) is 11.8. The van der Waals surface area contributed by atoms with Crippen molar-refractivity contribution < 1.29 is 0 Å². The van der Waals surface area contributed by atoms with Gasteiger partial charge in [-0.25, -0.2) is 4.98 Å². The van der Waals surface area contributed by atoms with E-state index < -0.39 is 0 Å². The molecular formula is C12H11ClN2OS. The Labute approximate surface area is 107 Å². The zero-order valence-electron chi connectivity index (χ0n) is 9.12. The Hall–Kier alpha value is -1.13. The van der Waals surface area contributed by atoms with Gasteiger partial charge in [0.2, 0.25) is 0 Å². The minimum Gasteiger partial charge on any atom is -0.306 e. The van der Waals surface area contributed by atoms with Crippen LogP contribution in [0, 0.1) is 0 Å². The average molecular weight is 267 g/mol. The van der Waals surface area contributed by atoms with E-state index in [1.807, 2.05) is 11.4 Å². The maximum Gasteiger partial charge on any atom is 0.254 e. The number of aromatic nitrogens is 2. The number of nitrogens with zero attached hydrogens (tertiary/aromatic N) is 1. The van der Waals surface area contributed by atoms with Crippen LogP contribution in [0.4, 0.5) is 0 Å². The number of hydrogen-bond acceptors (Lipinski definition) is 3. The highest BCUT2D eigenvalue weighted by Gasteiger charge is 2.16. The van der Waals surface area contributed by atoms with Gasteiger partial charge in [-0.2, -0.15) is 0 Å². The zero-order valence-corrected chi connectivity index (χ0v) is 10.7. The van der Waals surface area contributed by atoms with Crippen LogP contribution >= 0.6 is 22.9 Å². The van der Waals surface area contributed by atoms with Gasteiger partial charge in [-0.15, -0.1) is 11.3 Å². The number of H-pyrrole nitrogens is 1. The van der Waals surface area contributed by atoms with Gasteiger partial charge in [0.05, 0.1) is 15.6 Å². The summed E-state index contributed by atoms with van der Waals surface area (Å²) in [4.78, 5) is 20.3.